The van der Waals surface area contributed by atoms with E-state index < -0.39 is 15.3 Å². The fourth-order valence-electron chi connectivity index (χ4n) is 1.37. The van der Waals surface area contributed by atoms with Crippen molar-refractivity contribution in [3.8, 4) is 0 Å². The molecule has 0 aliphatic rings. The van der Waals surface area contributed by atoms with E-state index in [2.05, 4.69) is 4.72 Å². The molecule has 100 valence electrons. The summed E-state index contributed by atoms with van der Waals surface area (Å²) in [5, 5.41) is -0.299. The molecule has 0 saturated heterocycles. The maximum Gasteiger partial charge on any atom is 0.242 e. The summed E-state index contributed by atoms with van der Waals surface area (Å²) in [6.07, 6.45) is 0.288. The molecule has 0 amide bonds. The van der Waals surface area contributed by atoms with Gasteiger partial charge < -0.3 is 5.73 Å². The van der Waals surface area contributed by atoms with E-state index in [-0.39, 0.29) is 22.1 Å². The van der Waals surface area contributed by atoms with Crippen molar-refractivity contribution in [1.29, 1.82) is 0 Å². The van der Waals surface area contributed by atoms with Crippen LogP contribution in [0.3, 0.4) is 0 Å². The SMILES string of the molecule is CCC(C(N)=S)S(=O)(=O)Nc1ccc(Cl)cc1Cl. The summed E-state index contributed by atoms with van der Waals surface area (Å²) in [4.78, 5) is -0.0740. The van der Waals surface area contributed by atoms with Crippen molar-refractivity contribution in [3.05, 3.63) is 28.2 Å². The van der Waals surface area contributed by atoms with Crippen LogP contribution in [0.2, 0.25) is 10.0 Å². The van der Waals surface area contributed by atoms with Gasteiger partial charge in [0.25, 0.3) is 0 Å². The molecular weight excluding hydrogens is 315 g/mol. The summed E-state index contributed by atoms with van der Waals surface area (Å²) in [6.45, 7) is 1.69. The number of nitrogens with two attached hydrogens (primary N) is 1. The highest BCUT2D eigenvalue weighted by Gasteiger charge is 2.26. The molecule has 4 nitrogen and oxygen atoms in total. The topological polar surface area (TPSA) is 72.2 Å². The summed E-state index contributed by atoms with van der Waals surface area (Å²) in [5.41, 5.74) is 5.65. The van der Waals surface area contributed by atoms with E-state index in [1.165, 1.54) is 18.2 Å². The fraction of sp³-hybridized carbons (Fsp3) is 0.300. The number of hydrogen-bond donors (Lipinski definition) is 2. The molecule has 1 aromatic carbocycles. The minimum atomic E-state index is -3.70. The lowest BCUT2D eigenvalue weighted by molar-refractivity contribution is 0.594. The molecule has 1 rings (SSSR count). The third-order valence-corrected chi connectivity index (χ3v) is 5.07. The van der Waals surface area contributed by atoms with E-state index >= 15 is 0 Å². The molecule has 0 aliphatic carbocycles. The third kappa shape index (κ3) is 3.71. The number of sulfonamides is 1. The Morgan fingerprint density at radius 3 is 2.56 bits per heavy atom. The molecule has 18 heavy (non-hydrogen) atoms. The van der Waals surface area contributed by atoms with Crippen molar-refractivity contribution in [2.75, 3.05) is 4.72 Å². The first-order chi connectivity index (χ1) is 8.27. The Morgan fingerprint density at radius 1 is 1.50 bits per heavy atom. The maximum absolute atomic E-state index is 12.0. The second-order valence-corrected chi connectivity index (χ2v) is 6.75. The highest BCUT2D eigenvalue weighted by atomic mass is 35.5. The van der Waals surface area contributed by atoms with Crippen molar-refractivity contribution in [1.82, 2.24) is 0 Å². The molecule has 0 aromatic heterocycles. The molecule has 0 fully saturated rings. The van der Waals surface area contributed by atoms with Crippen LogP contribution < -0.4 is 10.5 Å². The summed E-state index contributed by atoms with van der Waals surface area (Å²) in [5.74, 6) is 0. The molecule has 0 aliphatic heterocycles. The Morgan fingerprint density at radius 2 is 2.11 bits per heavy atom. The Labute approximate surface area is 122 Å². The van der Waals surface area contributed by atoms with Crippen LogP contribution in [0.25, 0.3) is 0 Å². The van der Waals surface area contributed by atoms with Gasteiger partial charge in [-0.2, -0.15) is 0 Å². The van der Waals surface area contributed by atoms with E-state index in [1.807, 2.05) is 0 Å². The monoisotopic (exact) mass is 326 g/mol. The van der Waals surface area contributed by atoms with E-state index in [9.17, 15) is 8.42 Å². The zero-order chi connectivity index (χ0) is 13.9. The predicted molar refractivity (Wildman–Crippen MR) is 79.9 cm³/mol. The zero-order valence-electron chi connectivity index (χ0n) is 9.48. The van der Waals surface area contributed by atoms with Gasteiger partial charge in [0.05, 0.1) is 15.7 Å². The van der Waals surface area contributed by atoms with Crippen LogP contribution in [0, 0.1) is 0 Å². The van der Waals surface area contributed by atoms with Crippen molar-refractivity contribution < 1.29 is 8.42 Å². The minimum absolute atomic E-state index is 0.0740. The molecule has 1 unspecified atom stereocenters. The predicted octanol–water partition coefficient (Wildman–Crippen LogP) is 2.80. The second-order valence-electron chi connectivity index (χ2n) is 3.57. The van der Waals surface area contributed by atoms with Crippen LogP contribution in [0.1, 0.15) is 13.3 Å². The molecule has 0 spiro atoms. The van der Waals surface area contributed by atoms with Gasteiger partial charge in [-0.1, -0.05) is 42.3 Å². The van der Waals surface area contributed by atoms with Gasteiger partial charge in [0.15, 0.2) is 0 Å². The van der Waals surface area contributed by atoms with Crippen LogP contribution in [0.4, 0.5) is 5.69 Å². The number of anilines is 1. The first kappa shape index (κ1) is 15.5. The first-order valence-electron chi connectivity index (χ1n) is 5.04. The Hall–Kier alpha value is -0.560. The number of halogens is 2. The first-order valence-corrected chi connectivity index (χ1v) is 7.75. The molecule has 0 heterocycles. The second kappa shape index (κ2) is 6.06. The van der Waals surface area contributed by atoms with Crippen LogP contribution >= 0.6 is 35.4 Å². The lowest BCUT2D eigenvalue weighted by Crippen LogP contribution is -2.37. The number of hydrogen-bond acceptors (Lipinski definition) is 3. The summed E-state index contributed by atoms with van der Waals surface area (Å²) < 4.78 is 26.4. The van der Waals surface area contributed by atoms with E-state index in [0.717, 1.165) is 0 Å². The molecule has 1 aromatic rings. The number of nitrogens with one attached hydrogen (secondary N) is 1. The lowest BCUT2D eigenvalue weighted by atomic mass is 10.3. The smallest absolute Gasteiger partial charge is 0.242 e. The van der Waals surface area contributed by atoms with Crippen LogP contribution in [-0.2, 0) is 10.0 Å². The summed E-state index contributed by atoms with van der Waals surface area (Å²) in [7, 11) is -3.70. The lowest BCUT2D eigenvalue weighted by Gasteiger charge is -2.16. The van der Waals surface area contributed by atoms with Crippen molar-refractivity contribution in [2.24, 2.45) is 5.73 Å². The standard InChI is InChI=1S/C10H12Cl2N2O2S2/c1-2-9(10(13)17)18(15,16)14-8-4-3-6(11)5-7(8)12/h3-5,9,14H,2H2,1H3,(H2,13,17). The summed E-state index contributed by atoms with van der Waals surface area (Å²) in [6, 6.07) is 4.46. The van der Waals surface area contributed by atoms with Gasteiger partial charge in [-0.3, -0.25) is 4.72 Å². The highest BCUT2D eigenvalue weighted by molar-refractivity contribution is 7.95. The van der Waals surface area contributed by atoms with Gasteiger partial charge in [-0.25, -0.2) is 8.42 Å². The molecule has 3 N–H and O–H groups in total. The van der Waals surface area contributed by atoms with Gasteiger partial charge in [-0.05, 0) is 24.6 Å². The zero-order valence-corrected chi connectivity index (χ0v) is 12.6. The van der Waals surface area contributed by atoms with Gasteiger partial charge in [0.2, 0.25) is 10.0 Å². The van der Waals surface area contributed by atoms with Gasteiger partial charge in [0, 0.05) is 5.02 Å². The van der Waals surface area contributed by atoms with Gasteiger partial charge in [0.1, 0.15) is 5.25 Å². The van der Waals surface area contributed by atoms with Crippen molar-refractivity contribution in [2.45, 2.75) is 18.6 Å². The quantitative estimate of drug-likeness (QED) is 0.816. The normalized spacial score (nSPS) is 13.1. The van der Waals surface area contributed by atoms with E-state index in [1.54, 1.807) is 6.92 Å². The fourth-order valence-corrected chi connectivity index (χ4v) is 3.80. The van der Waals surface area contributed by atoms with E-state index in [4.69, 9.17) is 41.2 Å². The molecule has 0 radical (unpaired) electrons. The number of thiocarbonyl (C=S) groups is 1. The Bertz CT molecular complexity index is 561. The molecule has 1 atom stereocenters. The molecule has 8 heteroatoms. The van der Waals surface area contributed by atoms with Crippen LogP contribution in [0.5, 0.6) is 0 Å². The maximum atomic E-state index is 12.0. The van der Waals surface area contributed by atoms with Crippen molar-refractivity contribution >= 4 is 56.1 Å². The Balaban J connectivity index is 3.05. The van der Waals surface area contributed by atoms with Crippen molar-refractivity contribution in [3.63, 3.8) is 0 Å². The average molecular weight is 327 g/mol. The molecule has 0 bridgehead atoms. The van der Waals surface area contributed by atoms with Crippen LogP contribution in [-0.4, -0.2) is 18.7 Å². The molecular formula is C10H12Cl2N2O2S2. The van der Waals surface area contributed by atoms with Gasteiger partial charge in [-0.15, -0.1) is 0 Å². The molecule has 0 saturated carbocycles. The number of benzene rings is 1. The van der Waals surface area contributed by atoms with Crippen LogP contribution in [0.15, 0.2) is 18.2 Å². The van der Waals surface area contributed by atoms with E-state index in [0.29, 0.717) is 5.02 Å². The highest BCUT2D eigenvalue weighted by Crippen LogP contribution is 2.27. The Kier molecular flexibility index (Phi) is 5.21. The minimum Gasteiger partial charge on any atom is -0.392 e. The largest absolute Gasteiger partial charge is 0.392 e. The third-order valence-electron chi connectivity index (χ3n) is 2.25. The summed E-state index contributed by atoms with van der Waals surface area (Å²) >= 11 is 16.4. The average Bonchev–Trinajstić information content (AvgIpc) is 2.22. The van der Waals surface area contributed by atoms with Gasteiger partial charge >= 0.3 is 0 Å². The number of rotatable bonds is 5.